The van der Waals surface area contributed by atoms with Gasteiger partial charge in [-0.05, 0) is 56.7 Å². The van der Waals surface area contributed by atoms with Crippen LogP contribution in [0.3, 0.4) is 0 Å². The Morgan fingerprint density at radius 3 is 2.41 bits per heavy atom. The van der Waals surface area contributed by atoms with Crippen molar-refractivity contribution in [2.24, 2.45) is 11.7 Å². The molecule has 10 heteroatoms. The number of carbonyl (C=O) groups excluding carboxylic acids is 2. The number of aliphatic hydroxyl groups excluding tert-OH is 1. The Morgan fingerprint density at radius 2 is 1.84 bits per heavy atom. The van der Waals surface area contributed by atoms with Crippen LogP contribution in [0.15, 0.2) is 36.4 Å². The van der Waals surface area contributed by atoms with Crippen LogP contribution in [0.5, 0.6) is 11.5 Å². The fraction of sp³-hybridized carbons (Fsp3) is 0.364. The zero-order chi connectivity index (χ0) is 24.1. The Morgan fingerprint density at radius 1 is 1.16 bits per heavy atom. The van der Waals surface area contributed by atoms with E-state index in [0.29, 0.717) is 28.3 Å². The number of anilines is 1. The van der Waals surface area contributed by atoms with Crippen molar-refractivity contribution in [3.05, 3.63) is 53.1 Å². The summed E-state index contributed by atoms with van der Waals surface area (Å²) in [6.07, 6.45) is 0. The molecule has 0 fully saturated rings. The molecule has 0 aliphatic heterocycles. The van der Waals surface area contributed by atoms with Crippen molar-refractivity contribution in [1.29, 1.82) is 0 Å². The summed E-state index contributed by atoms with van der Waals surface area (Å²) in [6.45, 7) is 5.15. The van der Waals surface area contributed by atoms with E-state index in [4.69, 9.17) is 21.2 Å². The maximum Gasteiger partial charge on any atom is 0.352 e. The fourth-order valence-corrected chi connectivity index (χ4v) is 2.91. The molecule has 2 aromatic carbocycles. The molecule has 174 valence electrons. The molecule has 0 aromatic heterocycles. The lowest BCUT2D eigenvalue weighted by Gasteiger charge is -2.24. The Labute approximate surface area is 187 Å². The highest BCUT2D eigenvalue weighted by molar-refractivity contribution is 5.95. The summed E-state index contributed by atoms with van der Waals surface area (Å²) in [6, 6.07) is 9.50. The second kappa shape index (κ2) is 10.3. The van der Waals surface area contributed by atoms with E-state index in [1.807, 2.05) is 6.92 Å². The van der Waals surface area contributed by atoms with Crippen LogP contribution >= 0.6 is 0 Å². The number of hydrazine groups is 2. The molecule has 0 saturated carbocycles. The number of amides is 3. The van der Waals surface area contributed by atoms with Gasteiger partial charge in [-0.2, -0.15) is 0 Å². The third kappa shape index (κ3) is 5.88. The van der Waals surface area contributed by atoms with Crippen LogP contribution in [-0.4, -0.2) is 48.4 Å². The van der Waals surface area contributed by atoms with Gasteiger partial charge in [0.15, 0.2) is 0 Å². The molecule has 0 aliphatic rings. The van der Waals surface area contributed by atoms with E-state index < -0.39 is 11.6 Å². The number of aryl methyl sites for hydroxylation is 1. The first kappa shape index (κ1) is 24.9. The van der Waals surface area contributed by atoms with Gasteiger partial charge in [-0.25, -0.2) is 21.5 Å². The zero-order valence-corrected chi connectivity index (χ0v) is 19.0. The first-order valence-electron chi connectivity index (χ1n) is 9.90. The van der Waals surface area contributed by atoms with E-state index in [1.54, 1.807) is 50.2 Å². The first-order chi connectivity index (χ1) is 15.0. The molecule has 2 rings (SSSR count). The average Bonchev–Trinajstić information content (AvgIpc) is 2.76. The van der Waals surface area contributed by atoms with Crippen LogP contribution in [0.1, 0.15) is 35.3 Å². The van der Waals surface area contributed by atoms with Crippen LogP contribution in [0.4, 0.5) is 10.5 Å². The Balaban J connectivity index is 2.25. The number of urea groups is 1. The summed E-state index contributed by atoms with van der Waals surface area (Å²) < 4.78 is 11.4. The lowest BCUT2D eigenvalue weighted by Crippen LogP contribution is -2.49. The van der Waals surface area contributed by atoms with Gasteiger partial charge >= 0.3 is 6.03 Å². The number of benzene rings is 2. The Bertz CT molecular complexity index is 977. The number of aliphatic hydroxyl groups is 1. The third-order valence-electron chi connectivity index (χ3n) is 4.75. The molecule has 6 N–H and O–H groups in total. The minimum atomic E-state index is -0.733. The van der Waals surface area contributed by atoms with Crippen molar-refractivity contribution in [2.75, 3.05) is 25.8 Å². The summed E-state index contributed by atoms with van der Waals surface area (Å²) in [7, 11) is 2.90. The van der Waals surface area contributed by atoms with Crippen LogP contribution in [-0.2, 0) is 6.61 Å². The topological polar surface area (TPSA) is 143 Å². The molecular formula is C22H31N5O5. The van der Waals surface area contributed by atoms with E-state index in [9.17, 15) is 14.7 Å². The predicted molar refractivity (Wildman–Crippen MR) is 121 cm³/mol. The number of nitrogens with one attached hydrogen (secondary N) is 1. The fourth-order valence-electron chi connectivity index (χ4n) is 2.91. The van der Waals surface area contributed by atoms with E-state index in [0.717, 1.165) is 15.6 Å². The highest BCUT2D eigenvalue weighted by Crippen LogP contribution is 2.31. The highest BCUT2D eigenvalue weighted by Gasteiger charge is 2.22. The summed E-state index contributed by atoms with van der Waals surface area (Å²) in [5.41, 5.74) is 1.38. The van der Waals surface area contributed by atoms with Crippen molar-refractivity contribution < 1.29 is 24.2 Å². The lowest BCUT2D eigenvalue weighted by molar-refractivity contribution is 0.0869. The van der Waals surface area contributed by atoms with E-state index in [1.165, 1.54) is 14.2 Å². The van der Waals surface area contributed by atoms with E-state index in [2.05, 4.69) is 5.32 Å². The van der Waals surface area contributed by atoms with Crippen molar-refractivity contribution in [3.8, 4) is 11.5 Å². The number of rotatable bonds is 8. The van der Waals surface area contributed by atoms with Gasteiger partial charge in [0.2, 0.25) is 0 Å². The normalized spacial score (nSPS) is 11.0. The van der Waals surface area contributed by atoms with Gasteiger partial charge in [0.05, 0.1) is 30.5 Å². The second-order valence-corrected chi connectivity index (χ2v) is 7.99. The lowest BCUT2D eigenvalue weighted by atomic mass is 10.0. The molecule has 0 unspecified atom stereocenters. The molecule has 0 saturated heterocycles. The number of nitrogens with zero attached hydrogens (tertiary/aromatic N) is 2. The first-order valence-corrected chi connectivity index (χ1v) is 9.90. The van der Waals surface area contributed by atoms with Gasteiger partial charge in [0, 0.05) is 12.6 Å². The van der Waals surface area contributed by atoms with Gasteiger partial charge in [0.1, 0.15) is 18.1 Å². The molecule has 3 amide bonds. The Hall–Kier alpha value is -3.34. The van der Waals surface area contributed by atoms with Crippen LogP contribution in [0, 0.1) is 6.92 Å². The molecule has 0 bridgehead atoms. The number of nitrogens with two attached hydrogens (primary N) is 2. The van der Waals surface area contributed by atoms with Gasteiger partial charge in [-0.15, -0.1) is 0 Å². The number of hydrogen-bond donors (Lipinski definition) is 4. The van der Waals surface area contributed by atoms with Crippen LogP contribution in [0.25, 0.3) is 0 Å². The number of hydrogen-bond acceptors (Lipinski definition) is 7. The standard InChI is InChI=1S/C22H31N5O5/c1-14-11-15(20(29)25-22(2,3)13-28)9-10-18(14)32-12-16-17(7-6-8-19(16)31-5)27(24)21(30)26(4)23/h6-11,28H,12-13,23-24H2,1-5H3,(H,25,29). The smallest absolute Gasteiger partial charge is 0.352 e. The van der Waals surface area contributed by atoms with E-state index in [-0.39, 0.29) is 19.1 Å². The minimum Gasteiger partial charge on any atom is -0.496 e. The SMILES string of the molecule is COc1cccc(N(N)C(=O)N(C)N)c1COc1ccc(C(=O)NC(C)(C)CO)cc1C. The molecule has 0 radical (unpaired) electrons. The minimum absolute atomic E-state index is 0.0541. The summed E-state index contributed by atoms with van der Waals surface area (Å²) >= 11 is 0. The summed E-state index contributed by atoms with van der Waals surface area (Å²) in [5.74, 6) is 12.2. The van der Waals surface area contributed by atoms with E-state index >= 15 is 0 Å². The molecule has 0 heterocycles. The van der Waals surface area contributed by atoms with Gasteiger partial charge in [-0.1, -0.05) is 6.07 Å². The van der Waals surface area contributed by atoms with Crippen molar-refractivity contribution >= 4 is 17.6 Å². The number of ether oxygens (including phenoxy) is 2. The molecular weight excluding hydrogens is 414 g/mol. The molecule has 10 nitrogen and oxygen atoms in total. The van der Waals surface area contributed by atoms with Crippen LogP contribution < -0.4 is 31.5 Å². The van der Waals surface area contributed by atoms with Crippen molar-refractivity contribution in [3.63, 3.8) is 0 Å². The second-order valence-electron chi connectivity index (χ2n) is 7.99. The molecule has 32 heavy (non-hydrogen) atoms. The van der Waals surface area contributed by atoms with Crippen LogP contribution in [0.2, 0.25) is 0 Å². The maximum atomic E-state index is 12.4. The predicted octanol–water partition coefficient (Wildman–Crippen LogP) is 1.69. The molecule has 0 spiro atoms. The third-order valence-corrected chi connectivity index (χ3v) is 4.75. The quantitative estimate of drug-likeness (QED) is 0.275. The van der Waals surface area contributed by atoms with Gasteiger partial charge in [0.25, 0.3) is 5.91 Å². The molecule has 2 aromatic rings. The van der Waals surface area contributed by atoms with Gasteiger partial charge < -0.3 is 19.9 Å². The van der Waals surface area contributed by atoms with Crippen molar-refractivity contribution in [2.45, 2.75) is 32.9 Å². The zero-order valence-electron chi connectivity index (χ0n) is 19.0. The monoisotopic (exact) mass is 445 g/mol. The summed E-state index contributed by atoms with van der Waals surface area (Å²) in [4.78, 5) is 24.7. The molecule has 0 aliphatic carbocycles. The number of carbonyl (C=O) groups is 2. The van der Waals surface area contributed by atoms with Gasteiger partial charge in [-0.3, -0.25) is 9.80 Å². The largest absolute Gasteiger partial charge is 0.496 e. The Kier molecular flexibility index (Phi) is 8.03. The summed E-state index contributed by atoms with van der Waals surface area (Å²) in [5, 5.41) is 13.9. The highest BCUT2D eigenvalue weighted by atomic mass is 16.5. The maximum absolute atomic E-state index is 12.4. The molecule has 0 atom stereocenters. The average molecular weight is 446 g/mol. The van der Waals surface area contributed by atoms with Crippen molar-refractivity contribution in [1.82, 2.24) is 10.3 Å². The number of methoxy groups -OCH3 is 1.